The van der Waals surface area contributed by atoms with Crippen molar-refractivity contribution in [2.75, 3.05) is 17.2 Å². The lowest BCUT2D eigenvalue weighted by atomic mass is 10.0. The van der Waals surface area contributed by atoms with Crippen molar-refractivity contribution in [1.29, 1.82) is 5.26 Å². The number of carboxylic acids is 1. The van der Waals surface area contributed by atoms with Gasteiger partial charge in [0, 0.05) is 18.3 Å². The van der Waals surface area contributed by atoms with Gasteiger partial charge in [0.05, 0.1) is 11.5 Å². The molecular weight excluding hydrogens is 450 g/mol. The van der Waals surface area contributed by atoms with Crippen LogP contribution in [0, 0.1) is 23.2 Å². The van der Waals surface area contributed by atoms with Gasteiger partial charge in [-0.05, 0) is 37.0 Å². The number of pyridine rings is 1. The maximum absolute atomic E-state index is 12.4. The molecule has 10 nitrogen and oxygen atoms in total. The zero-order chi connectivity index (χ0) is 24.8. The van der Waals surface area contributed by atoms with Crippen molar-refractivity contribution in [3.8, 4) is 17.2 Å². The van der Waals surface area contributed by atoms with Crippen molar-refractivity contribution in [3.63, 3.8) is 0 Å². The lowest BCUT2D eigenvalue weighted by Gasteiger charge is -2.14. The number of carboxylic acid groups (broad SMARTS) is 1. The molecule has 1 amide bonds. The standard InChI is InChI=1S/C25H25N5O5/c1-15(17-5-3-2-4-6-17)34-25(33)29-23-22(20(12-26)30-35-23)18-9-10-21(27-13-18)28-14-19(24(31)32)11-16-7-8-16/h2-6,9-10,13,15-16,19H,7-8,11,14H2,1H3,(H,27,28)(H,29,33)(H,31,32). The fraction of sp³-hybridized carbons (Fsp3) is 0.320. The molecule has 0 aliphatic heterocycles. The molecule has 0 saturated heterocycles. The minimum Gasteiger partial charge on any atom is -0.481 e. The second-order valence-electron chi connectivity index (χ2n) is 8.46. The van der Waals surface area contributed by atoms with Crippen LogP contribution in [-0.4, -0.2) is 33.9 Å². The second-order valence-corrected chi connectivity index (χ2v) is 8.46. The molecule has 0 bridgehead atoms. The van der Waals surface area contributed by atoms with E-state index >= 15 is 0 Å². The molecule has 180 valence electrons. The first-order valence-corrected chi connectivity index (χ1v) is 11.3. The van der Waals surface area contributed by atoms with Crippen molar-refractivity contribution >= 4 is 23.8 Å². The molecule has 3 aromatic rings. The summed E-state index contributed by atoms with van der Waals surface area (Å²) in [5.74, 6) is -0.346. The quantitative estimate of drug-likeness (QED) is 0.374. The SMILES string of the molecule is CC(OC(=O)Nc1onc(C#N)c1-c1ccc(NCC(CC2CC2)C(=O)O)nc1)c1ccccc1. The number of aromatic nitrogens is 2. The fourth-order valence-electron chi connectivity index (χ4n) is 3.70. The minimum absolute atomic E-state index is 0.0192. The van der Waals surface area contributed by atoms with E-state index in [-0.39, 0.29) is 23.7 Å². The van der Waals surface area contributed by atoms with E-state index in [4.69, 9.17) is 9.26 Å². The number of amides is 1. The summed E-state index contributed by atoms with van der Waals surface area (Å²) in [4.78, 5) is 28.2. The van der Waals surface area contributed by atoms with Gasteiger partial charge in [-0.2, -0.15) is 5.26 Å². The third-order valence-corrected chi connectivity index (χ3v) is 5.81. The predicted octanol–water partition coefficient (Wildman–Crippen LogP) is 4.83. The Hall–Kier alpha value is -4.39. The summed E-state index contributed by atoms with van der Waals surface area (Å²) >= 11 is 0. The first-order chi connectivity index (χ1) is 16.9. The molecule has 2 atom stereocenters. The van der Waals surface area contributed by atoms with Crippen molar-refractivity contribution in [3.05, 3.63) is 59.9 Å². The van der Waals surface area contributed by atoms with Crippen LogP contribution in [0.3, 0.4) is 0 Å². The molecule has 0 spiro atoms. The number of hydrogen-bond donors (Lipinski definition) is 3. The number of benzene rings is 1. The molecule has 0 radical (unpaired) electrons. The van der Waals surface area contributed by atoms with Gasteiger partial charge in [-0.1, -0.05) is 48.3 Å². The van der Waals surface area contributed by atoms with E-state index in [0.29, 0.717) is 23.7 Å². The third-order valence-electron chi connectivity index (χ3n) is 5.81. The van der Waals surface area contributed by atoms with Crippen LogP contribution in [0.2, 0.25) is 0 Å². The Morgan fingerprint density at radius 3 is 2.66 bits per heavy atom. The number of ether oxygens (including phenoxy) is 1. The number of nitriles is 1. The molecule has 10 heteroatoms. The lowest BCUT2D eigenvalue weighted by Crippen LogP contribution is -2.23. The molecule has 35 heavy (non-hydrogen) atoms. The summed E-state index contributed by atoms with van der Waals surface area (Å²) < 4.78 is 10.6. The number of carbonyl (C=O) groups is 2. The van der Waals surface area contributed by atoms with Gasteiger partial charge in [0.2, 0.25) is 5.88 Å². The van der Waals surface area contributed by atoms with Gasteiger partial charge in [-0.25, -0.2) is 9.78 Å². The highest BCUT2D eigenvalue weighted by atomic mass is 16.6. The zero-order valence-corrected chi connectivity index (χ0v) is 19.1. The zero-order valence-electron chi connectivity index (χ0n) is 19.1. The minimum atomic E-state index is -0.826. The van der Waals surface area contributed by atoms with Crippen molar-refractivity contribution in [2.24, 2.45) is 11.8 Å². The van der Waals surface area contributed by atoms with Crippen LogP contribution in [0.5, 0.6) is 0 Å². The first kappa shape index (κ1) is 23.8. The molecule has 1 fully saturated rings. The Balaban J connectivity index is 1.43. The number of nitrogens with zero attached hydrogens (tertiary/aromatic N) is 3. The van der Waals surface area contributed by atoms with Crippen molar-refractivity contribution in [1.82, 2.24) is 10.1 Å². The molecular formula is C25H25N5O5. The normalized spacial score (nSPS) is 14.4. The molecule has 1 aliphatic rings. The fourth-order valence-corrected chi connectivity index (χ4v) is 3.70. The molecule has 1 aromatic carbocycles. The third kappa shape index (κ3) is 6.14. The first-order valence-electron chi connectivity index (χ1n) is 11.3. The van der Waals surface area contributed by atoms with Gasteiger partial charge in [0.15, 0.2) is 5.69 Å². The highest BCUT2D eigenvalue weighted by Gasteiger charge is 2.29. The van der Waals surface area contributed by atoms with Crippen LogP contribution in [0.1, 0.15) is 43.5 Å². The Morgan fingerprint density at radius 1 is 1.26 bits per heavy atom. The summed E-state index contributed by atoms with van der Waals surface area (Å²) in [6.07, 6.45) is 3.07. The van der Waals surface area contributed by atoms with E-state index in [9.17, 15) is 20.0 Å². The van der Waals surface area contributed by atoms with Crippen LogP contribution in [0.15, 0.2) is 53.2 Å². The van der Waals surface area contributed by atoms with Gasteiger partial charge in [-0.15, -0.1) is 0 Å². The molecule has 2 unspecified atom stereocenters. The van der Waals surface area contributed by atoms with E-state index in [1.807, 2.05) is 36.4 Å². The van der Waals surface area contributed by atoms with Crippen LogP contribution in [-0.2, 0) is 9.53 Å². The second kappa shape index (κ2) is 10.7. The van der Waals surface area contributed by atoms with Gasteiger partial charge in [0.1, 0.15) is 18.0 Å². The highest BCUT2D eigenvalue weighted by Crippen LogP contribution is 2.35. The molecule has 4 rings (SSSR count). The maximum Gasteiger partial charge on any atom is 0.414 e. The number of aliphatic carboxylic acids is 1. The van der Waals surface area contributed by atoms with Gasteiger partial charge in [0.25, 0.3) is 0 Å². The van der Waals surface area contributed by atoms with Gasteiger partial charge >= 0.3 is 12.1 Å². The van der Waals surface area contributed by atoms with E-state index in [2.05, 4.69) is 20.8 Å². The summed E-state index contributed by atoms with van der Waals surface area (Å²) in [6, 6.07) is 14.5. The van der Waals surface area contributed by atoms with Crippen LogP contribution in [0.25, 0.3) is 11.1 Å². The number of anilines is 2. The number of nitrogens with one attached hydrogen (secondary N) is 2. The van der Waals surface area contributed by atoms with E-state index in [0.717, 1.165) is 18.4 Å². The predicted molar refractivity (Wildman–Crippen MR) is 126 cm³/mol. The van der Waals surface area contributed by atoms with Gasteiger partial charge in [-0.3, -0.25) is 10.1 Å². The molecule has 1 aliphatic carbocycles. The molecule has 2 heterocycles. The summed E-state index contributed by atoms with van der Waals surface area (Å²) in [5, 5.41) is 28.2. The Labute approximate surface area is 201 Å². The van der Waals surface area contributed by atoms with E-state index in [1.54, 1.807) is 19.1 Å². The summed E-state index contributed by atoms with van der Waals surface area (Å²) in [6.45, 7) is 2.01. The number of hydrogen-bond acceptors (Lipinski definition) is 8. The average molecular weight is 476 g/mol. The smallest absolute Gasteiger partial charge is 0.414 e. The van der Waals surface area contributed by atoms with E-state index in [1.165, 1.54) is 6.20 Å². The van der Waals surface area contributed by atoms with Crippen molar-refractivity contribution in [2.45, 2.75) is 32.3 Å². The maximum atomic E-state index is 12.4. The molecule has 3 N–H and O–H groups in total. The Kier molecular flexibility index (Phi) is 7.26. The van der Waals surface area contributed by atoms with E-state index < -0.39 is 24.1 Å². The topological polar surface area (TPSA) is 150 Å². The van der Waals surface area contributed by atoms with Crippen LogP contribution >= 0.6 is 0 Å². The number of carbonyl (C=O) groups excluding carboxylic acids is 1. The number of rotatable bonds is 10. The van der Waals surface area contributed by atoms with Crippen LogP contribution < -0.4 is 10.6 Å². The molecule has 1 saturated carbocycles. The Bertz CT molecular complexity index is 1220. The van der Waals surface area contributed by atoms with Gasteiger partial charge < -0.3 is 19.7 Å². The molecule has 2 aromatic heterocycles. The summed E-state index contributed by atoms with van der Waals surface area (Å²) in [7, 11) is 0. The Morgan fingerprint density at radius 2 is 2.03 bits per heavy atom. The largest absolute Gasteiger partial charge is 0.481 e. The summed E-state index contributed by atoms with van der Waals surface area (Å²) in [5.41, 5.74) is 1.57. The van der Waals surface area contributed by atoms with Crippen molar-refractivity contribution < 1.29 is 24.0 Å². The van der Waals surface area contributed by atoms with Crippen LogP contribution in [0.4, 0.5) is 16.5 Å². The highest BCUT2D eigenvalue weighted by molar-refractivity contribution is 5.90. The lowest BCUT2D eigenvalue weighted by molar-refractivity contribution is -0.141. The average Bonchev–Trinajstić information content (AvgIpc) is 3.60. The monoisotopic (exact) mass is 475 g/mol.